The number of thiophene rings is 1. The summed E-state index contributed by atoms with van der Waals surface area (Å²) in [7, 11) is 5.67. The Balaban J connectivity index is 2.02. The quantitative estimate of drug-likeness (QED) is 0.663. The number of Topliss-reactive ketones (excluding diaryl/α,β-unsaturated/α-hetero) is 1. The second kappa shape index (κ2) is 8.58. The van der Waals surface area contributed by atoms with Gasteiger partial charge in [0, 0.05) is 13.0 Å². The predicted molar refractivity (Wildman–Crippen MR) is 108 cm³/mol. The van der Waals surface area contributed by atoms with E-state index in [2.05, 4.69) is 0 Å². The van der Waals surface area contributed by atoms with Gasteiger partial charge in [0.2, 0.25) is 5.78 Å². The number of quaternary nitrogens is 1. The first-order chi connectivity index (χ1) is 13.4. The van der Waals surface area contributed by atoms with E-state index < -0.39 is 17.7 Å². The first-order valence-corrected chi connectivity index (χ1v) is 10.1. The number of rotatable bonds is 8. The van der Waals surface area contributed by atoms with Gasteiger partial charge >= 0.3 is 0 Å². The van der Waals surface area contributed by atoms with Crippen molar-refractivity contribution >= 4 is 23.0 Å². The molecule has 1 aromatic heterocycles. The van der Waals surface area contributed by atoms with Crippen LogP contribution in [-0.2, 0) is 4.79 Å². The first-order valence-electron chi connectivity index (χ1n) is 9.19. The molecule has 1 aromatic carbocycles. The fourth-order valence-corrected chi connectivity index (χ4v) is 4.10. The van der Waals surface area contributed by atoms with Gasteiger partial charge in [-0.05, 0) is 29.1 Å². The van der Waals surface area contributed by atoms with Crippen molar-refractivity contribution in [3.63, 3.8) is 0 Å². The molecule has 6 nitrogen and oxygen atoms in total. The highest BCUT2D eigenvalue weighted by Crippen LogP contribution is 2.40. The first kappa shape index (κ1) is 20.1. The maximum absolute atomic E-state index is 13.1. The van der Waals surface area contributed by atoms with Crippen LogP contribution in [0.2, 0.25) is 0 Å². The van der Waals surface area contributed by atoms with Gasteiger partial charge in [0.05, 0.1) is 44.2 Å². The second-order valence-electron chi connectivity index (χ2n) is 7.06. The summed E-state index contributed by atoms with van der Waals surface area (Å²) in [5.74, 6) is -0.628. The molecule has 1 aliphatic rings. The smallest absolute Gasteiger partial charge is 0.290 e. The van der Waals surface area contributed by atoms with E-state index in [1.54, 1.807) is 29.5 Å². The molecule has 148 valence electrons. The standard InChI is InChI=1S/C21H24N2O4S/c1-22(2)10-6-11-23-18(14-7-4-8-15(13-14)27-3)17(20(25)21(23)26)19(24)16-9-5-12-28-16/h4-5,7-9,12-13,18,25H,6,10-11H2,1-3H3/p+1/t18-/m0/s1. The van der Waals surface area contributed by atoms with E-state index in [-0.39, 0.29) is 11.4 Å². The Labute approximate surface area is 168 Å². The maximum Gasteiger partial charge on any atom is 0.290 e. The van der Waals surface area contributed by atoms with Gasteiger partial charge in [-0.1, -0.05) is 18.2 Å². The number of carbonyl (C=O) groups excluding carboxylic acids is 2. The number of aliphatic hydroxyl groups excluding tert-OH is 1. The second-order valence-corrected chi connectivity index (χ2v) is 8.00. The molecule has 2 aromatic rings. The zero-order valence-corrected chi connectivity index (χ0v) is 17.1. The molecule has 1 aliphatic heterocycles. The van der Waals surface area contributed by atoms with Crippen LogP contribution in [0, 0.1) is 0 Å². The van der Waals surface area contributed by atoms with Crippen LogP contribution in [0.15, 0.2) is 53.1 Å². The Morgan fingerprint density at radius 2 is 2.07 bits per heavy atom. The van der Waals surface area contributed by atoms with Crippen LogP contribution in [0.1, 0.15) is 27.7 Å². The lowest BCUT2D eigenvalue weighted by molar-refractivity contribution is -0.858. The number of ether oxygens (including phenoxy) is 1. The number of methoxy groups -OCH3 is 1. The van der Waals surface area contributed by atoms with Gasteiger partial charge in [-0.2, -0.15) is 0 Å². The molecule has 0 radical (unpaired) electrons. The third-order valence-corrected chi connectivity index (χ3v) is 5.65. The van der Waals surface area contributed by atoms with Crippen LogP contribution in [0.5, 0.6) is 5.75 Å². The van der Waals surface area contributed by atoms with E-state index in [1.807, 2.05) is 38.4 Å². The fraction of sp³-hybridized carbons (Fsp3) is 0.333. The van der Waals surface area contributed by atoms with Crippen molar-refractivity contribution < 1.29 is 24.3 Å². The number of hydrogen-bond acceptors (Lipinski definition) is 5. The summed E-state index contributed by atoms with van der Waals surface area (Å²) in [4.78, 5) is 29.3. The lowest BCUT2D eigenvalue weighted by atomic mass is 9.95. The molecular formula is C21H25N2O4S+. The molecule has 3 rings (SSSR count). The lowest BCUT2D eigenvalue weighted by Gasteiger charge is -2.27. The van der Waals surface area contributed by atoms with Crippen molar-refractivity contribution in [2.75, 3.05) is 34.3 Å². The van der Waals surface area contributed by atoms with E-state index in [9.17, 15) is 14.7 Å². The zero-order chi connectivity index (χ0) is 20.3. The van der Waals surface area contributed by atoms with Crippen molar-refractivity contribution in [2.24, 2.45) is 0 Å². The van der Waals surface area contributed by atoms with Gasteiger partial charge < -0.3 is 19.6 Å². The minimum Gasteiger partial charge on any atom is -0.503 e. The Morgan fingerprint density at radius 1 is 1.29 bits per heavy atom. The van der Waals surface area contributed by atoms with Gasteiger partial charge in [0.15, 0.2) is 5.76 Å². The van der Waals surface area contributed by atoms with E-state index in [4.69, 9.17) is 4.74 Å². The monoisotopic (exact) mass is 401 g/mol. The largest absolute Gasteiger partial charge is 0.503 e. The number of hydrogen-bond donors (Lipinski definition) is 2. The van der Waals surface area contributed by atoms with Crippen LogP contribution >= 0.6 is 11.3 Å². The highest BCUT2D eigenvalue weighted by Gasteiger charge is 2.43. The molecule has 7 heteroatoms. The van der Waals surface area contributed by atoms with E-state index in [1.165, 1.54) is 16.2 Å². The van der Waals surface area contributed by atoms with Gasteiger partial charge in [-0.25, -0.2) is 0 Å². The summed E-state index contributed by atoms with van der Waals surface area (Å²) in [6, 6.07) is 10.2. The molecular weight excluding hydrogens is 376 g/mol. The summed E-state index contributed by atoms with van der Waals surface area (Å²) in [5, 5.41) is 12.4. The van der Waals surface area contributed by atoms with Gasteiger partial charge in [-0.3, -0.25) is 9.59 Å². The Morgan fingerprint density at radius 3 is 2.71 bits per heavy atom. The van der Waals surface area contributed by atoms with E-state index >= 15 is 0 Å². The summed E-state index contributed by atoms with van der Waals surface area (Å²) in [5.41, 5.74) is 0.881. The molecule has 0 unspecified atom stereocenters. The topological polar surface area (TPSA) is 71.3 Å². The molecule has 1 atom stereocenters. The maximum atomic E-state index is 13.1. The Bertz CT molecular complexity index is 890. The molecule has 0 saturated carbocycles. The SMILES string of the molecule is COc1cccc([C@H]2C(C(=O)c3cccs3)=C(O)C(=O)N2CCC[NH+](C)C)c1. The lowest BCUT2D eigenvalue weighted by Crippen LogP contribution is -3.05. The molecule has 2 N–H and O–H groups in total. The Hall–Kier alpha value is -2.64. The van der Waals surface area contributed by atoms with Gasteiger partial charge in [0.1, 0.15) is 5.75 Å². The number of amides is 1. The summed E-state index contributed by atoms with van der Waals surface area (Å²) in [6.07, 6.45) is 0.766. The van der Waals surface area contributed by atoms with Crippen molar-refractivity contribution in [3.8, 4) is 5.75 Å². The Kier molecular flexibility index (Phi) is 6.16. The van der Waals surface area contributed by atoms with Crippen molar-refractivity contribution in [1.29, 1.82) is 0 Å². The van der Waals surface area contributed by atoms with Crippen LogP contribution in [0.4, 0.5) is 0 Å². The molecule has 0 fully saturated rings. The summed E-state index contributed by atoms with van der Waals surface area (Å²) in [6.45, 7) is 1.33. The summed E-state index contributed by atoms with van der Waals surface area (Å²) >= 11 is 1.30. The molecule has 0 saturated heterocycles. The minimum atomic E-state index is -0.630. The average molecular weight is 402 g/mol. The predicted octanol–water partition coefficient (Wildman–Crippen LogP) is 1.87. The number of benzene rings is 1. The number of carbonyl (C=O) groups is 2. The molecule has 1 amide bonds. The van der Waals surface area contributed by atoms with Crippen LogP contribution in [-0.4, -0.2) is 56.0 Å². The molecule has 0 spiro atoms. The molecule has 0 aliphatic carbocycles. The van der Waals surface area contributed by atoms with Crippen LogP contribution < -0.4 is 9.64 Å². The zero-order valence-electron chi connectivity index (χ0n) is 16.3. The highest BCUT2D eigenvalue weighted by atomic mass is 32.1. The molecule has 0 bridgehead atoms. The van der Waals surface area contributed by atoms with Gasteiger partial charge in [0.25, 0.3) is 5.91 Å². The number of nitrogens with zero attached hydrogens (tertiary/aromatic N) is 1. The minimum absolute atomic E-state index is 0.137. The number of aliphatic hydroxyl groups is 1. The fourth-order valence-electron chi connectivity index (χ4n) is 3.42. The average Bonchev–Trinajstić information content (AvgIpc) is 3.30. The third kappa shape index (κ3) is 3.95. The van der Waals surface area contributed by atoms with E-state index in [0.29, 0.717) is 17.2 Å². The molecule has 2 heterocycles. The van der Waals surface area contributed by atoms with Crippen LogP contribution in [0.3, 0.4) is 0 Å². The molecule has 28 heavy (non-hydrogen) atoms. The summed E-state index contributed by atoms with van der Waals surface area (Å²) < 4.78 is 5.32. The highest BCUT2D eigenvalue weighted by molar-refractivity contribution is 7.12. The van der Waals surface area contributed by atoms with Crippen LogP contribution in [0.25, 0.3) is 0 Å². The van der Waals surface area contributed by atoms with Gasteiger partial charge in [-0.15, -0.1) is 11.3 Å². The van der Waals surface area contributed by atoms with E-state index in [0.717, 1.165) is 18.5 Å². The number of nitrogens with one attached hydrogen (secondary N) is 1. The van der Waals surface area contributed by atoms with Crippen molar-refractivity contribution in [3.05, 3.63) is 63.6 Å². The normalized spacial score (nSPS) is 16.9. The van der Waals surface area contributed by atoms with Crippen molar-refractivity contribution in [1.82, 2.24) is 4.90 Å². The third-order valence-electron chi connectivity index (χ3n) is 4.78. The number of ketones is 1. The van der Waals surface area contributed by atoms with Crippen molar-refractivity contribution in [2.45, 2.75) is 12.5 Å².